The first-order chi connectivity index (χ1) is 8.33. The Morgan fingerprint density at radius 1 is 1.41 bits per heavy atom. The zero-order valence-corrected chi connectivity index (χ0v) is 11.3. The number of rotatable bonds is 6. The van der Waals surface area contributed by atoms with Crippen molar-refractivity contribution in [1.82, 2.24) is 0 Å². The van der Waals surface area contributed by atoms with Gasteiger partial charge in [0.05, 0.1) is 6.61 Å². The molecule has 2 nitrogen and oxygen atoms in total. The van der Waals surface area contributed by atoms with Crippen molar-refractivity contribution >= 4 is 7.85 Å². The van der Waals surface area contributed by atoms with Crippen LogP contribution in [0.2, 0.25) is 6.32 Å². The van der Waals surface area contributed by atoms with E-state index in [4.69, 9.17) is 9.47 Å². The van der Waals surface area contributed by atoms with Gasteiger partial charge in [0.25, 0.3) is 0 Å². The van der Waals surface area contributed by atoms with E-state index in [2.05, 4.69) is 26.6 Å². The molecular formula is C14H25BO2. The predicted molar refractivity (Wildman–Crippen MR) is 73.7 cm³/mol. The van der Waals surface area contributed by atoms with Crippen LogP contribution in [-0.4, -0.2) is 27.4 Å². The fraction of sp³-hybridized carbons (Fsp3) is 0.857. The van der Waals surface area contributed by atoms with E-state index in [-0.39, 0.29) is 6.29 Å². The fourth-order valence-electron chi connectivity index (χ4n) is 1.77. The van der Waals surface area contributed by atoms with Gasteiger partial charge in [0.2, 0.25) is 0 Å². The summed E-state index contributed by atoms with van der Waals surface area (Å²) in [4.78, 5) is 0. The molecule has 0 saturated carbocycles. The first-order valence-electron chi connectivity index (χ1n) is 7.02. The van der Waals surface area contributed by atoms with Gasteiger partial charge in [0.1, 0.15) is 7.85 Å². The molecule has 0 radical (unpaired) electrons. The van der Waals surface area contributed by atoms with Gasteiger partial charge in [-0.15, -0.1) is 11.8 Å². The molecule has 3 heteroatoms. The molecule has 0 aliphatic carbocycles. The summed E-state index contributed by atoms with van der Waals surface area (Å²) in [5, 5.41) is 0. The molecule has 0 spiro atoms. The van der Waals surface area contributed by atoms with Crippen molar-refractivity contribution in [2.24, 2.45) is 5.92 Å². The number of hydrogen-bond donors (Lipinski definition) is 0. The summed E-state index contributed by atoms with van der Waals surface area (Å²) < 4.78 is 11.3. The van der Waals surface area contributed by atoms with E-state index in [9.17, 15) is 0 Å². The summed E-state index contributed by atoms with van der Waals surface area (Å²) >= 11 is 0. The van der Waals surface area contributed by atoms with E-state index in [0.717, 1.165) is 32.5 Å². The third-order valence-electron chi connectivity index (χ3n) is 2.94. The average Bonchev–Trinajstić information content (AvgIpc) is 2.37. The maximum absolute atomic E-state index is 5.73. The number of ether oxygens (including phenoxy) is 2. The molecule has 0 N–H and O–H groups in total. The largest absolute Gasteiger partial charge is 0.353 e. The Bertz CT molecular complexity index is 238. The fourth-order valence-corrected chi connectivity index (χ4v) is 1.77. The van der Waals surface area contributed by atoms with Crippen LogP contribution >= 0.6 is 0 Å². The Hall–Kier alpha value is -0.455. The first-order valence-corrected chi connectivity index (χ1v) is 7.02. The molecule has 1 aliphatic heterocycles. The van der Waals surface area contributed by atoms with Crippen molar-refractivity contribution in [1.29, 1.82) is 0 Å². The third-order valence-corrected chi connectivity index (χ3v) is 2.94. The quantitative estimate of drug-likeness (QED) is 0.400. The maximum atomic E-state index is 5.73. The second kappa shape index (κ2) is 9.56. The van der Waals surface area contributed by atoms with Gasteiger partial charge in [0.15, 0.2) is 6.29 Å². The Morgan fingerprint density at radius 3 is 3.00 bits per heavy atom. The van der Waals surface area contributed by atoms with Gasteiger partial charge in [0, 0.05) is 19.4 Å². The van der Waals surface area contributed by atoms with Gasteiger partial charge in [-0.2, -0.15) is 0 Å². The molecule has 0 aromatic rings. The van der Waals surface area contributed by atoms with Gasteiger partial charge in [-0.25, -0.2) is 0 Å². The summed E-state index contributed by atoms with van der Waals surface area (Å²) in [6.45, 7) is 3.82. The summed E-state index contributed by atoms with van der Waals surface area (Å²) in [6, 6.07) is 0. The monoisotopic (exact) mass is 236 g/mol. The summed E-state index contributed by atoms with van der Waals surface area (Å²) in [6.07, 6.45) is 7.93. The van der Waals surface area contributed by atoms with Gasteiger partial charge < -0.3 is 9.47 Å². The lowest BCUT2D eigenvalue weighted by atomic mass is 10.0. The highest BCUT2D eigenvalue weighted by atomic mass is 16.7. The topological polar surface area (TPSA) is 18.5 Å². The van der Waals surface area contributed by atoms with Gasteiger partial charge in [-0.05, 0) is 31.6 Å². The number of hydrogen-bond acceptors (Lipinski definition) is 2. The minimum atomic E-state index is 0.0410. The summed E-state index contributed by atoms with van der Waals surface area (Å²) in [7, 11) is 2.20. The van der Waals surface area contributed by atoms with E-state index in [1.54, 1.807) is 0 Å². The normalized spacial score (nSPS) is 21.6. The molecule has 0 bridgehead atoms. The second-order valence-corrected chi connectivity index (χ2v) is 4.90. The maximum Gasteiger partial charge on any atom is 0.157 e. The van der Waals surface area contributed by atoms with Gasteiger partial charge in [-0.1, -0.05) is 13.2 Å². The number of unbranched alkanes of at least 4 members (excludes halogenated alkanes) is 1. The van der Waals surface area contributed by atoms with Crippen LogP contribution in [0.3, 0.4) is 0 Å². The molecule has 1 aliphatic rings. The van der Waals surface area contributed by atoms with Crippen LogP contribution in [0.4, 0.5) is 0 Å². The highest BCUT2D eigenvalue weighted by Gasteiger charge is 2.14. The molecule has 17 heavy (non-hydrogen) atoms. The summed E-state index contributed by atoms with van der Waals surface area (Å²) in [5.41, 5.74) is 0. The van der Waals surface area contributed by atoms with E-state index >= 15 is 0 Å². The van der Waals surface area contributed by atoms with Crippen LogP contribution in [-0.2, 0) is 9.47 Å². The minimum Gasteiger partial charge on any atom is -0.353 e. The molecule has 96 valence electrons. The lowest BCUT2D eigenvalue weighted by Gasteiger charge is -2.23. The third kappa shape index (κ3) is 7.47. The van der Waals surface area contributed by atoms with Crippen molar-refractivity contribution < 1.29 is 9.47 Å². The smallest absolute Gasteiger partial charge is 0.157 e. The molecule has 1 fully saturated rings. The zero-order chi connectivity index (χ0) is 12.3. The van der Waals surface area contributed by atoms with Crippen molar-refractivity contribution in [3.05, 3.63) is 0 Å². The lowest BCUT2D eigenvalue weighted by Crippen LogP contribution is -2.24. The lowest BCUT2D eigenvalue weighted by molar-refractivity contribution is -0.167. The van der Waals surface area contributed by atoms with E-state index in [1.165, 1.54) is 25.6 Å². The van der Waals surface area contributed by atoms with Gasteiger partial charge >= 0.3 is 0 Å². The second-order valence-electron chi connectivity index (χ2n) is 4.90. The van der Waals surface area contributed by atoms with E-state index in [1.807, 2.05) is 0 Å². The Labute approximate surface area is 107 Å². The predicted octanol–water partition coefficient (Wildman–Crippen LogP) is 2.39. The van der Waals surface area contributed by atoms with Crippen LogP contribution < -0.4 is 0 Å². The Kier molecular flexibility index (Phi) is 8.22. The van der Waals surface area contributed by atoms with Crippen molar-refractivity contribution in [3.8, 4) is 11.8 Å². The van der Waals surface area contributed by atoms with Crippen molar-refractivity contribution in [2.45, 2.75) is 58.1 Å². The molecule has 2 atom stereocenters. The van der Waals surface area contributed by atoms with Crippen LogP contribution in [0.5, 0.6) is 0 Å². The standard InChI is InChI=1S/C14H25BO2/c1-13(8-4-2-3-6-10-15)12-17-14-9-5-7-11-16-14/h13-14H,3,5-12,15H2,1H3. The molecule has 0 amide bonds. The Morgan fingerprint density at radius 2 is 2.29 bits per heavy atom. The molecular weight excluding hydrogens is 211 g/mol. The van der Waals surface area contributed by atoms with Crippen LogP contribution in [0.1, 0.15) is 45.4 Å². The van der Waals surface area contributed by atoms with Crippen LogP contribution in [0, 0.1) is 17.8 Å². The van der Waals surface area contributed by atoms with Crippen LogP contribution in [0.25, 0.3) is 0 Å². The molecule has 0 aromatic carbocycles. The van der Waals surface area contributed by atoms with Gasteiger partial charge in [-0.3, -0.25) is 0 Å². The van der Waals surface area contributed by atoms with Crippen LogP contribution in [0.15, 0.2) is 0 Å². The molecule has 1 heterocycles. The van der Waals surface area contributed by atoms with E-state index < -0.39 is 0 Å². The average molecular weight is 236 g/mol. The molecule has 0 aromatic heterocycles. The van der Waals surface area contributed by atoms with Crippen molar-refractivity contribution in [2.75, 3.05) is 13.2 Å². The highest BCUT2D eigenvalue weighted by molar-refractivity contribution is 6.08. The molecule has 1 saturated heterocycles. The first kappa shape index (κ1) is 14.6. The van der Waals surface area contributed by atoms with E-state index in [0.29, 0.717) is 5.92 Å². The molecule has 1 rings (SSSR count). The Balaban J connectivity index is 2.03. The molecule has 2 unspecified atom stereocenters. The van der Waals surface area contributed by atoms with Crippen molar-refractivity contribution in [3.63, 3.8) is 0 Å². The minimum absolute atomic E-state index is 0.0410. The SMILES string of the molecule is BCCCC#CCC(C)COC1CCCCO1. The summed E-state index contributed by atoms with van der Waals surface area (Å²) in [5.74, 6) is 6.96. The zero-order valence-electron chi connectivity index (χ0n) is 11.3. The highest BCUT2D eigenvalue weighted by Crippen LogP contribution is 2.15.